The molecule has 0 bridgehead atoms. The Balaban J connectivity index is 1.84. The standard InChI is InChI=1S/C27H20N4O3/c1-18-15-23(19-9-8-14-22(16-19)31(33)34)26-24(32)17-25(29-20-10-4-2-5-11-20)30(27(26)28-18)21-12-6-3-7-13-21/h2-17,29H,1H3. The zero-order valence-corrected chi connectivity index (χ0v) is 18.3. The number of pyridine rings is 2. The topological polar surface area (TPSA) is 90.1 Å². The lowest BCUT2D eigenvalue weighted by molar-refractivity contribution is -0.384. The maximum absolute atomic E-state index is 13.5. The van der Waals surface area contributed by atoms with E-state index in [4.69, 9.17) is 4.98 Å². The highest BCUT2D eigenvalue weighted by molar-refractivity contribution is 5.95. The Hall–Kier alpha value is -4.78. The average Bonchev–Trinajstić information content (AvgIpc) is 2.85. The molecule has 0 fully saturated rings. The van der Waals surface area contributed by atoms with Crippen LogP contribution in [-0.2, 0) is 0 Å². The van der Waals surface area contributed by atoms with Crippen molar-refractivity contribution in [2.75, 3.05) is 5.32 Å². The minimum Gasteiger partial charge on any atom is -0.341 e. The van der Waals surface area contributed by atoms with Gasteiger partial charge in [-0.25, -0.2) is 4.98 Å². The van der Waals surface area contributed by atoms with Gasteiger partial charge in [0.15, 0.2) is 11.1 Å². The molecule has 0 saturated heterocycles. The lowest BCUT2D eigenvalue weighted by atomic mass is 10.0. The fourth-order valence-corrected chi connectivity index (χ4v) is 4.05. The number of nitro groups is 1. The van der Waals surface area contributed by atoms with Crippen LogP contribution in [0.4, 0.5) is 17.2 Å². The summed E-state index contributed by atoms with van der Waals surface area (Å²) in [6.07, 6.45) is 0. The minimum atomic E-state index is -0.441. The van der Waals surface area contributed by atoms with Gasteiger partial charge in [0.2, 0.25) is 0 Å². The first-order valence-electron chi connectivity index (χ1n) is 10.7. The molecule has 0 aliphatic heterocycles. The van der Waals surface area contributed by atoms with Gasteiger partial charge in [-0.3, -0.25) is 19.5 Å². The highest BCUT2D eigenvalue weighted by atomic mass is 16.6. The molecule has 0 amide bonds. The molecule has 0 atom stereocenters. The van der Waals surface area contributed by atoms with Crippen LogP contribution in [0, 0.1) is 17.0 Å². The number of nitrogens with zero attached hydrogens (tertiary/aromatic N) is 3. The average molecular weight is 448 g/mol. The zero-order chi connectivity index (χ0) is 23.7. The monoisotopic (exact) mass is 448 g/mol. The Labute approximate surface area is 195 Å². The van der Waals surface area contributed by atoms with Crippen LogP contribution in [0.2, 0.25) is 0 Å². The molecule has 0 aliphatic rings. The van der Waals surface area contributed by atoms with Crippen molar-refractivity contribution < 1.29 is 4.92 Å². The first-order chi connectivity index (χ1) is 16.5. The molecule has 0 unspecified atom stereocenters. The van der Waals surface area contributed by atoms with Crippen LogP contribution in [0.25, 0.3) is 27.8 Å². The highest BCUT2D eigenvalue weighted by Crippen LogP contribution is 2.32. The number of fused-ring (bicyclic) bond motifs is 1. The van der Waals surface area contributed by atoms with Crippen LogP contribution in [0.3, 0.4) is 0 Å². The summed E-state index contributed by atoms with van der Waals surface area (Å²) in [7, 11) is 0. The van der Waals surface area contributed by atoms with Gasteiger partial charge in [-0.05, 0) is 48.4 Å². The van der Waals surface area contributed by atoms with Crippen LogP contribution in [0.15, 0.2) is 102 Å². The van der Waals surface area contributed by atoms with Gasteiger partial charge in [0.25, 0.3) is 5.69 Å². The molecule has 166 valence electrons. The van der Waals surface area contributed by atoms with Gasteiger partial charge < -0.3 is 5.32 Å². The number of nitrogens with one attached hydrogen (secondary N) is 1. The Kier molecular flexibility index (Phi) is 5.35. The summed E-state index contributed by atoms with van der Waals surface area (Å²) in [5.74, 6) is 0.568. The van der Waals surface area contributed by atoms with E-state index in [-0.39, 0.29) is 11.1 Å². The maximum atomic E-state index is 13.5. The first kappa shape index (κ1) is 21.1. The molecule has 0 spiro atoms. The summed E-state index contributed by atoms with van der Waals surface area (Å²) in [6, 6.07) is 28.9. The summed E-state index contributed by atoms with van der Waals surface area (Å²) in [5.41, 5.74) is 3.75. The van der Waals surface area contributed by atoms with Crippen molar-refractivity contribution in [2.45, 2.75) is 6.92 Å². The molecule has 0 radical (unpaired) electrons. The Morgan fingerprint density at radius 1 is 0.882 bits per heavy atom. The van der Waals surface area contributed by atoms with E-state index >= 15 is 0 Å². The van der Waals surface area contributed by atoms with Crippen molar-refractivity contribution in [2.24, 2.45) is 0 Å². The van der Waals surface area contributed by atoms with E-state index in [1.807, 2.05) is 72.2 Å². The molecule has 2 aromatic heterocycles. The highest BCUT2D eigenvalue weighted by Gasteiger charge is 2.18. The molecule has 3 aromatic carbocycles. The van der Waals surface area contributed by atoms with E-state index < -0.39 is 4.92 Å². The number of hydrogen-bond acceptors (Lipinski definition) is 5. The van der Waals surface area contributed by atoms with Gasteiger partial charge in [-0.2, -0.15) is 0 Å². The van der Waals surface area contributed by atoms with E-state index in [0.29, 0.717) is 33.7 Å². The molecule has 7 nitrogen and oxygen atoms in total. The van der Waals surface area contributed by atoms with Gasteiger partial charge in [0, 0.05) is 35.3 Å². The number of nitro benzene ring substituents is 1. The number of benzene rings is 3. The van der Waals surface area contributed by atoms with Crippen molar-refractivity contribution in [1.82, 2.24) is 9.55 Å². The van der Waals surface area contributed by atoms with Crippen molar-refractivity contribution in [3.05, 3.63) is 123 Å². The summed E-state index contributed by atoms with van der Waals surface area (Å²) < 4.78 is 1.90. The van der Waals surface area contributed by atoms with E-state index in [1.165, 1.54) is 12.1 Å². The molecule has 0 aliphatic carbocycles. The van der Waals surface area contributed by atoms with Crippen molar-refractivity contribution in [1.29, 1.82) is 0 Å². The van der Waals surface area contributed by atoms with Gasteiger partial charge in [-0.1, -0.05) is 48.5 Å². The van der Waals surface area contributed by atoms with Crippen LogP contribution in [0.1, 0.15) is 5.69 Å². The van der Waals surface area contributed by atoms with Gasteiger partial charge >= 0.3 is 0 Å². The molecule has 1 N–H and O–H groups in total. The predicted octanol–water partition coefficient (Wildman–Crippen LogP) is 6.01. The number of hydrogen-bond donors (Lipinski definition) is 1. The smallest absolute Gasteiger partial charge is 0.270 e. The number of anilines is 2. The molecular weight excluding hydrogens is 428 g/mol. The number of non-ortho nitro benzene ring substituents is 1. The van der Waals surface area contributed by atoms with E-state index in [1.54, 1.807) is 24.3 Å². The van der Waals surface area contributed by atoms with Crippen LogP contribution < -0.4 is 10.7 Å². The van der Waals surface area contributed by atoms with Crippen LogP contribution in [0.5, 0.6) is 0 Å². The van der Waals surface area contributed by atoms with Gasteiger partial charge in [0.1, 0.15) is 5.82 Å². The van der Waals surface area contributed by atoms with E-state index in [9.17, 15) is 14.9 Å². The molecule has 7 heteroatoms. The first-order valence-corrected chi connectivity index (χ1v) is 10.7. The summed E-state index contributed by atoms with van der Waals surface area (Å²) in [6.45, 7) is 1.84. The van der Waals surface area contributed by atoms with Crippen molar-refractivity contribution >= 4 is 28.2 Å². The fourth-order valence-electron chi connectivity index (χ4n) is 4.05. The fraction of sp³-hybridized carbons (Fsp3) is 0.0370. The van der Waals surface area contributed by atoms with E-state index in [0.717, 1.165) is 11.4 Å². The largest absolute Gasteiger partial charge is 0.341 e. The SMILES string of the molecule is Cc1cc(-c2cccc([N+](=O)[O-])c2)c2c(=O)cc(Nc3ccccc3)n(-c3ccccc3)c2n1. The molecule has 0 saturated carbocycles. The third-order valence-electron chi connectivity index (χ3n) is 5.52. The second-order valence-corrected chi connectivity index (χ2v) is 7.87. The lowest BCUT2D eigenvalue weighted by Gasteiger charge is -2.19. The Morgan fingerprint density at radius 2 is 1.59 bits per heavy atom. The molecule has 5 rings (SSSR count). The number of para-hydroxylation sites is 2. The minimum absolute atomic E-state index is 0.0362. The summed E-state index contributed by atoms with van der Waals surface area (Å²) in [4.78, 5) is 29.1. The van der Waals surface area contributed by atoms with Crippen molar-refractivity contribution in [3.63, 3.8) is 0 Å². The van der Waals surface area contributed by atoms with Crippen LogP contribution in [-0.4, -0.2) is 14.5 Å². The summed E-state index contributed by atoms with van der Waals surface area (Å²) >= 11 is 0. The number of aryl methyl sites for hydroxylation is 1. The van der Waals surface area contributed by atoms with E-state index in [2.05, 4.69) is 5.32 Å². The predicted molar refractivity (Wildman–Crippen MR) is 134 cm³/mol. The Bertz CT molecular complexity index is 1580. The van der Waals surface area contributed by atoms with Crippen molar-refractivity contribution in [3.8, 4) is 16.8 Å². The third-order valence-corrected chi connectivity index (χ3v) is 5.52. The number of rotatable bonds is 5. The van der Waals surface area contributed by atoms with Crippen LogP contribution >= 0.6 is 0 Å². The number of aromatic nitrogens is 2. The normalized spacial score (nSPS) is 10.9. The second-order valence-electron chi connectivity index (χ2n) is 7.87. The molecule has 2 heterocycles. The quantitative estimate of drug-likeness (QED) is 0.263. The molecule has 5 aromatic rings. The summed E-state index contributed by atoms with van der Waals surface area (Å²) in [5, 5.41) is 15.1. The lowest BCUT2D eigenvalue weighted by Crippen LogP contribution is -2.15. The Morgan fingerprint density at radius 3 is 2.29 bits per heavy atom. The molecular formula is C27H20N4O3. The maximum Gasteiger partial charge on any atom is 0.270 e. The second kappa shape index (κ2) is 8.63. The zero-order valence-electron chi connectivity index (χ0n) is 18.3. The molecule has 34 heavy (non-hydrogen) atoms. The van der Waals surface area contributed by atoms with Gasteiger partial charge in [0.05, 0.1) is 10.3 Å². The third kappa shape index (κ3) is 3.91. The van der Waals surface area contributed by atoms with Gasteiger partial charge in [-0.15, -0.1) is 0 Å².